The van der Waals surface area contributed by atoms with E-state index < -0.39 is 39.1 Å². The molecule has 0 aliphatic rings. The van der Waals surface area contributed by atoms with Gasteiger partial charge in [0.05, 0.1) is 21.3 Å². The molecule has 1 rings (SSSR count). The maximum atomic E-state index is 12.5. The zero-order chi connectivity index (χ0) is 17.3. The molecule has 1 unspecified atom stereocenters. The van der Waals surface area contributed by atoms with E-state index >= 15 is 0 Å². The summed E-state index contributed by atoms with van der Waals surface area (Å²) in [6.45, 7) is 0.767. The Bertz CT molecular complexity index is 559. The average molecular weight is 388 g/mol. The molecule has 0 spiro atoms. The first-order valence-corrected chi connectivity index (χ1v) is 6.59. The third-order valence-electron chi connectivity index (χ3n) is 2.49. The summed E-state index contributed by atoms with van der Waals surface area (Å²) in [4.78, 5) is 0. The van der Waals surface area contributed by atoms with Gasteiger partial charge in [-0.05, 0) is 19.1 Å². The lowest BCUT2D eigenvalue weighted by Crippen LogP contribution is -2.25. The highest BCUT2D eigenvalue weighted by molar-refractivity contribution is 6.66. The predicted molar refractivity (Wildman–Crippen MR) is 73.6 cm³/mol. The van der Waals surface area contributed by atoms with Gasteiger partial charge in [-0.3, -0.25) is 5.43 Å². The van der Waals surface area contributed by atoms with Crippen LogP contribution in [0.2, 0.25) is 10.0 Å². The van der Waals surface area contributed by atoms with Gasteiger partial charge in [0.2, 0.25) is 0 Å². The summed E-state index contributed by atoms with van der Waals surface area (Å²) in [5, 5.41) is 1.46. The lowest BCUT2D eigenvalue weighted by molar-refractivity contribution is -0.150. The highest BCUT2D eigenvalue weighted by atomic mass is 35.5. The molecule has 11 heteroatoms. The van der Waals surface area contributed by atoms with Crippen molar-refractivity contribution in [1.29, 1.82) is 0 Å². The van der Waals surface area contributed by atoms with Gasteiger partial charge in [-0.2, -0.15) is 31.4 Å². The third-order valence-corrected chi connectivity index (χ3v) is 3.50. The minimum Gasteiger partial charge on any atom is -0.274 e. The SMILES string of the molecule is CC(C(Cl)=NNc1c(Cl)cc(C(F)(F)F)cc1Cl)C(F)(F)F. The maximum Gasteiger partial charge on any atom is 0.416 e. The Balaban J connectivity index is 3.06. The summed E-state index contributed by atoms with van der Waals surface area (Å²) in [5.74, 6) is -2.06. The van der Waals surface area contributed by atoms with Crippen LogP contribution in [0, 0.1) is 5.92 Å². The molecule has 0 aromatic heterocycles. The first-order valence-electron chi connectivity index (χ1n) is 5.46. The minimum absolute atomic E-state index is 0.288. The van der Waals surface area contributed by atoms with Gasteiger partial charge in [-0.25, -0.2) is 0 Å². The predicted octanol–water partition coefficient (Wildman–Crippen LogP) is 6.17. The van der Waals surface area contributed by atoms with Crippen LogP contribution in [0.15, 0.2) is 17.2 Å². The zero-order valence-corrected chi connectivity index (χ0v) is 12.8. The van der Waals surface area contributed by atoms with E-state index in [1.807, 2.05) is 5.43 Å². The Labute approximate surface area is 136 Å². The van der Waals surface area contributed by atoms with Crippen molar-refractivity contribution in [3.8, 4) is 0 Å². The summed E-state index contributed by atoms with van der Waals surface area (Å²) in [6.07, 6.45) is -9.28. The molecule has 0 saturated carbocycles. The van der Waals surface area contributed by atoms with Gasteiger partial charge in [0, 0.05) is 0 Å². The molecule has 0 saturated heterocycles. The first-order chi connectivity index (χ1) is 9.84. The number of anilines is 1. The second-order valence-electron chi connectivity index (χ2n) is 4.12. The van der Waals surface area contributed by atoms with Gasteiger partial charge < -0.3 is 0 Å². The number of alkyl halides is 6. The number of nitrogens with one attached hydrogen (secondary N) is 1. The van der Waals surface area contributed by atoms with Gasteiger partial charge in [-0.1, -0.05) is 34.8 Å². The molecule has 0 radical (unpaired) electrons. The fourth-order valence-electron chi connectivity index (χ4n) is 1.18. The fraction of sp³-hybridized carbons (Fsp3) is 0.364. The number of nitrogens with zero attached hydrogens (tertiary/aromatic N) is 1. The Morgan fingerprint density at radius 2 is 1.55 bits per heavy atom. The van der Waals surface area contributed by atoms with Crippen molar-refractivity contribution in [3.63, 3.8) is 0 Å². The monoisotopic (exact) mass is 386 g/mol. The molecule has 22 heavy (non-hydrogen) atoms. The molecule has 0 aliphatic heterocycles. The number of rotatable bonds is 3. The quantitative estimate of drug-likeness (QED) is 0.374. The van der Waals surface area contributed by atoms with Crippen molar-refractivity contribution in [3.05, 3.63) is 27.7 Å². The summed E-state index contributed by atoms with van der Waals surface area (Å²) in [7, 11) is 0. The van der Waals surface area contributed by atoms with E-state index in [0.29, 0.717) is 12.1 Å². The molecule has 0 fully saturated rings. The van der Waals surface area contributed by atoms with Crippen LogP contribution in [-0.4, -0.2) is 11.3 Å². The topological polar surface area (TPSA) is 24.4 Å². The van der Waals surface area contributed by atoms with Gasteiger partial charge in [-0.15, -0.1) is 0 Å². The van der Waals surface area contributed by atoms with Crippen molar-refractivity contribution >= 4 is 45.7 Å². The molecule has 1 aromatic carbocycles. The van der Waals surface area contributed by atoms with E-state index in [2.05, 4.69) is 5.10 Å². The largest absolute Gasteiger partial charge is 0.416 e. The van der Waals surface area contributed by atoms with Gasteiger partial charge in [0.25, 0.3) is 0 Å². The maximum absolute atomic E-state index is 12.5. The Morgan fingerprint density at radius 3 is 1.91 bits per heavy atom. The lowest BCUT2D eigenvalue weighted by Gasteiger charge is -2.15. The van der Waals surface area contributed by atoms with Crippen molar-refractivity contribution in [2.45, 2.75) is 19.3 Å². The van der Waals surface area contributed by atoms with Gasteiger partial charge in [0.15, 0.2) is 0 Å². The standard InChI is InChI=1S/C11H7Cl3F6N2/c1-4(10(15,16)17)9(14)22-21-8-6(12)2-5(3-7(8)13)11(18,19)20/h2-4,21H,1H3. The molecule has 0 aliphatic carbocycles. The molecule has 1 atom stereocenters. The van der Waals surface area contributed by atoms with E-state index in [-0.39, 0.29) is 5.69 Å². The molecule has 0 bridgehead atoms. The molecular weight excluding hydrogens is 380 g/mol. The smallest absolute Gasteiger partial charge is 0.274 e. The van der Waals surface area contributed by atoms with Crippen molar-refractivity contribution in [2.75, 3.05) is 5.43 Å². The van der Waals surface area contributed by atoms with E-state index in [1.165, 1.54) is 0 Å². The number of hydrogen-bond acceptors (Lipinski definition) is 2. The van der Waals surface area contributed by atoms with Crippen LogP contribution in [0.1, 0.15) is 12.5 Å². The van der Waals surface area contributed by atoms with Crippen LogP contribution in [0.3, 0.4) is 0 Å². The Morgan fingerprint density at radius 1 is 1.09 bits per heavy atom. The van der Waals surface area contributed by atoms with Crippen LogP contribution >= 0.6 is 34.8 Å². The van der Waals surface area contributed by atoms with Crippen LogP contribution in [0.4, 0.5) is 32.0 Å². The Kier molecular flexibility index (Phi) is 5.86. The number of benzene rings is 1. The number of hydrazone groups is 1. The van der Waals surface area contributed by atoms with Crippen molar-refractivity contribution in [1.82, 2.24) is 0 Å². The fourth-order valence-corrected chi connectivity index (χ4v) is 1.92. The van der Waals surface area contributed by atoms with E-state index in [9.17, 15) is 26.3 Å². The second kappa shape index (κ2) is 6.72. The van der Waals surface area contributed by atoms with E-state index in [4.69, 9.17) is 34.8 Å². The summed E-state index contributed by atoms with van der Waals surface area (Å²) >= 11 is 16.6. The zero-order valence-electron chi connectivity index (χ0n) is 10.6. The van der Waals surface area contributed by atoms with Crippen LogP contribution in [0.25, 0.3) is 0 Å². The van der Waals surface area contributed by atoms with E-state index in [0.717, 1.165) is 6.92 Å². The summed E-state index contributed by atoms with van der Waals surface area (Å²) in [6, 6.07) is 1.12. The first kappa shape index (κ1) is 19.2. The minimum atomic E-state index is -4.67. The van der Waals surface area contributed by atoms with E-state index in [1.54, 1.807) is 0 Å². The highest BCUT2D eigenvalue weighted by Crippen LogP contribution is 2.38. The molecule has 2 nitrogen and oxygen atoms in total. The summed E-state index contributed by atoms with van der Waals surface area (Å²) < 4.78 is 74.8. The molecule has 1 N–H and O–H groups in total. The average Bonchev–Trinajstić information content (AvgIpc) is 2.34. The molecular formula is C11H7Cl3F6N2. The lowest BCUT2D eigenvalue weighted by atomic mass is 10.2. The van der Waals surface area contributed by atoms with Crippen molar-refractivity contribution < 1.29 is 26.3 Å². The van der Waals surface area contributed by atoms with Crippen LogP contribution < -0.4 is 5.43 Å². The van der Waals surface area contributed by atoms with Crippen LogP contribution in [-0.2, 0) is 6.18 Å². The van der Waals surface area contributed by atoms with Gasteiger partial charge in [0.1, 0.15) is 11.1 Å². The summed E-state index contributed by atoms with van der Waals surface area (Å²) in [5.41, 5.74) is 0.645. The molecule has 1 aromatic rings. The molecule has 0 heterocycles. The highest BCUT2D eigenvalue weighted by Gasteiger charge is 2.39. The van der Waals surface area contributed by atoms with Crippen LogP contribution in [0.5, 0.6) is 0 Å². The second-order valence-corrected chi connectivity index (χ2v) is 5.32. The normalized spacial score (nSPS) is 14.9. The molecule has 124 valence electrons. The van der Waals surface area contributed by atoms with Gasteiger partial charge >= 0.3 is 12.4 Å². The van der Waals surface area contributed by atoms with Crippen molar-refractivity contribution in [2.24, 2.45) is 11.0 Å². The molecule has 0 amide bonds. The number of hydrogen-bond donors (Lipinski definition) is 1. The Hall–Kier alpha value is -0.860. The third kappa shape index (κ3) is 4.82. The number of halogens is 9.